The van der Waals surface area contributed by atoms with Crippen LogP contribution in [0.5, 0.6) is 0 Å². The number of aromatic nitrogens is 3. The topological polar surface area (TPSA) is 97.2 Å². The first kappa shape index (κ1) is 19.5. The van der Waals surface area contributed by atoms with Crippen LogP contribution in [0.25, 0.3) is 21.3 Å². The molecule has 0 unspecified atom stereocenters. The van der Waals surface area contributed by atoms with Crippen molar-refractivity contribution < 1.29 is 14.6 Å². The van der Waals surface area contributed by atoms with E-state index in [1.807, 2.05) is 24.5 Å². The smallest absolute Gasteiger partial charge is 0.229 e. The third-order valence-corrected chi connectivity index (χ3v) is 6.95. The number of fused-ring (bicyclic) bond motifs is 1. The van der Waals surface area contributed by atoms with Crippen molar-refractivity contribution in [1.82, 2.24) is 15.0 Å². The molecule has 0 radical (unpaired) electrons. The Kier molecular flexibility index (Phi) is 5.22. The van der Waals surface area contributed by atoms with Crippen molar-refractivity contribution in [2.24, 2.45) is 5.92 Å². The van der Waals surface area contributed by atoms with Crippen LogP contribution < -0.4 is 5.32 Å². The molecule has 30 heavy (non-hydrogen) atoms. The minimum absolute atomic E-state index is 0.0725. The first-order valence-corrected chi connectivity index (χ1v) is 11.2. The van der Waals surface area contributed by atoms with Crippen molar-refractivity contribution in [1.29, 1.82) is 0 Å². The summed E-state index contributed by atoms with van der Waals surface area (Å²) in [4.78, 5) is 25.5. The Morgan fingerprint density at radius 1 is 1.23 bits per heavy atom. The molecule has 3 aromatic rings. The summed E-state index contributed by atoms with van der Waals surface area (Å²) in [5, 5.41) is 13.5. The van der Waals surface area contributed by atoms with Crippen LogP contribution in [0, 0.1) is 12.8 Å². The first-order chi connectivity index (χ1) is 14.6. The average molecular weight is 425 g/mol. The van der Waals surface area contributed by atoms with Gasteiger partial charge in [-0.3, -0.25) is 4.79 Å². The fraction of sp³-hybridized carbons (Fsp3) is 0.455. The monoisotopic (exact) mass is 424 g/mol. The second-order valence-corrected chi connectivity index (χ2v) is 9.10. The van der Waals surface area contributed by atoms with E-state index in [9.17, 15) is 9.90 Å². The summed E-state index contributed by atoms with van der Waals surface area (Å²) < 4.78 is 6.82. The van der Waals surface area contributed by atoms with Crippen LogP contribution in [0.1, 0.15) is 43.5 Å². The fourth-order valence-electron chi connectivity index (χ4n) is 3.89. The molecule has 156 valence electrons. The molecule has 2 aliphatic carbocycles. The highest BCUT2D eigenvalue weighted by Gasteiger charge is 2.30. The van der Waals surface area contributed by atoms with Gasteiger partial charge in [0.2, 0.25) is 5.91 Å². The summed E-state index contributed by atoms with van der Waals surface area (Å²) in [6.45, 7) is 2.36. The molecule has 2 aromatic heterocycles. The molecule has 0 aliphatic heterocycles. The number of hydrogen-bond acceptors (Lipinski definition) is 7. The molecule has 5 rings (SSSR count). The standard InChI is InChI=1S/C22H24N4O3S/c1-12-15(7-8-16-20(12)30-22(25-16)26-21(28)13-5-6-13)14-9-23-19(24-10-14)11-29-18-4-2-3-17(18)27/h7-10,13,17-18,27H,2-6,11H2,1H3,(H,25,26,28)/t17-,18-/m0/s1. The number of hydrogen-bond donors (Lipinski definition) is 2. The number of amides is 1. The molecule has 7 nitrogen and oxygen atoms in total. The van der Waals surface area contributed by atoms with Gasteiger partial charge in [0.05, 0.1) is 22.4 Å². The lowest BCUT2D eigenvalue weighted by Gasteiger charge is -2.14. The summed E-state index contributed by atoms with van der Waals surface area (Å²) in [6, 6.07) is 3.99. The summed E-state index contributed by atoms with van der Waals surface area (Å²) in [5.74, 6) is 0.841. The largest absolute Gasteiger partial charge is 0.390 e. The van der Waals surface area contributed by atoms with E-state index in [-0.39, 0.29) is 24.0 Å². The van der Waals surface area contributed by atoms with Gasteiger partial charge >= 0.3 is 0 Å². The van der Waals surface area contributed by atoms with Crippen molar-refractivity contribution >= 4 is 32.6 Å². The molecule has 2 fully saturated rings. The number of nitrogens with zero attached hydrogens (tertiary/aromatic N) is 3. The summed E-state index contributed by atoms with van der Waals surface area (Å²) >= 11 is 1.50. The Balaban J connectivity index is 1.32. The van der Waals surface area contributed by atoms with Crippen LogP contribution in [-0.4, -0.2) is 38.2 Å². The number of thiazole rings is 1. The van der Waals surface area contributed by atoms with E-state index < -0.39 is 0 Å². The number of carbonyl (C=O) groups excluding carboxylic acids is 1. The molecule has 2 heterocycles. The van der Waals surface area contributed by atoms with Gasteiger partial charge < -0.3 is 15.2 Å². The molecule has 8 heteroatoms. The van der Waals surface area contributed by atoms with E-state index >= 15 is 0 Å². The first-order valence-electron chi connectivity index (χ1n) is 10.4. The van der Waals surface area contributed by atoms with Gasteiger partial charge in [-0.05, 0) is 56.2 Å². The van der Waals surface area contributed by atoms with E-state index in [2.05, 4.69) is 27.2 Å². The van der Waals surface area contributed by atoms with E-state index in [4.69, 9.17) is 4.74 Å². The van der Waals surface area contributed by atoms with Gasteiger partial charge in [0.1, 0.15) is 6.61 Å². The van der Waals surface area contributed by atoms with Crippen molar-refractivity contribution in [3.8, 4) is 11.1 Å². The number of aryl methyl sites for hydroxylation is 1. The highest BCUT2D eigenvalue weighted by molar-refractivity contribution is 7.22. The van der Waals surface area contributed by atoms with Crippen LogP contribution >= 0.6 is 11.3 Å². The number of aliphatic hydroxyl groups excluding tert-OH is 1. The highest BCUT2D eigenvalue weighted by Crippen LogP contribution is 2.36. The second kappa shape index (κ2) is 8.02. The molecule has 2 N–H and O–H groups in total. The molecule has 2 aliphatic rings. The number of anilines is 1. The molecule has 0 spiro atoms. The lowest BCUT2D eigenvalue weighted by molar-refractivity contribution is -0.117. The summed E-state index contributed by atoms with van der Waals surface area (Å²) in [5.41, 5.74) is 3.95. The zero-order chi connectivity index (χ0) is 20.7. The molecule has 1 amide bonds. The van der Waals surface area contributed by atoms with Crippen molar-refractivity contribution in [3.05, 3.63) is 35.9 Å². The van der Waals surface area contributed by atoms with E-state index in [1.54, 1.807) is 0 Å². The van der Waals surface area contributed by atoms with Crippen LogP contribution in [-0.2, 0) is 16.1 Å². The van der Waals surface area contributed by atoms with E-state index in [0.717, 1.165) is 59.0 Å². The fourth-order valence-corrected chi connectivity index (χ4v) is 4.86. The van der Waals surface area contributed by atoms with Crippen LogP contribution in [0.15, 0.2) is 24.5 Å². The maximum absolute atomic E-state index is 12.0. The minimum atomic E-state index is -0.378. The Morgan fingerprint density at radius 2 is 2.03 bits per heavy atom. The van der Waals surface area contributed by atoms with Gasteiger partial charge in [-0.15, -0.1) is 0 Å². The van der Waals surface area contributed by atoms with Crippen molar-refractivity contribution in [3.63, 3.8) is 0 Å². The van der Waals surface area contributed by atoms with Crippen molar-refractivity contribution in [2.75, 3.05) is 5.32 Å². The predicted octanol–water partition coefficient (Wildman–Crippen LogP) is 3.84. The summed E-state index contributed by atoms with van der Waals surface area (Å²) in [6.07, 6.45) is 7.76. The zero-order valence-corrected chi connectivity index (χ0v) is 17.6. The molecule has 0 bridgehead atoms. The molecule has 2 saturated carbocycles. The second-order valence-electron chi connectivity index (χ2n) is 8.10. The van der Waals surface area contributed by atoms with Gasteiger partial charge in [-0.2, -0.15) is 0 Å². The van der Waals surface area contributed by atoms with E-state index in [1.165, 1.54) is 11.3 Å². The lowest BCUT2D eigenvalue weighted by atomic mass is 10.0. The Morgan fingerprint density at radius 3 is 2.73 bits per heavy atom. The molecular formula is C22H24N4O3S. The number of benzene rings is 1. The van der Waals surface area contributed by atoms with Gasteiger partial charge in [0, 0.05) is 23.9 Å². The summed E-state index contributed by atoms with van der Waals surface area (Å²) in [7, 11) is 0. The Labute approximate surface area is 178 Å². The zero-order valence-electron chi connectivity index (χ0n) is 16.8. The lowest BCUT2D eigenvalue weighted by Crippen LogP contribution is -2.22. The number of nitrogens with one attached hydrogen (secondary N) is 1. The Hall–Kier alpha value is -2.42. The Bertz CT molecular complexity index is 1080. The molecule has 2 atom stereocenters. The molecular weight excluding hydrogens is 400 g/mol. The molecule has 0 saturated heterocycles. The van der Waals surface area contributed by atoms with Crippen molar-refractivity contribution in [2.45, 2.75) is 57.8 Å². The number of rotatable bonds is 6. The van der Waals surface area contributed by atoms with E-state index in [0.29, 0.717) is 17.6 Å². The minimum Gasteiger partial charge on any atom is -0.390 e. The molecule has 1 aromatic carbocycles. The third kappa shape index (κ3) is 3.95. The van der Waals surface area contributed by atoms with Crippen LogP contribution in [0.3, 0.4) is 0 Å². The number of carbonyl (C=O) groups is 1. The van der Waals surface area contributed by atoms with Gasteiger partial charge in [-0.1, -0.05) is 17.4 Å². The number of aliphatic hydroxyl groups is 1. The SMILES string of the molecule is Cc1c(-c2cnc(CO[C@H]3CCC[C@@H]3O)nc2)ccc2nc(NC(=O)C3CC3)sc12. The van der Waals surface area contributed by atoms with Gasteiger partial charge in [-0.25, -0.2) is 15.0 Å². The average Bonchev–Trinajstić information content (AvgIpc) is 3.40. The third-order valence-electron chi connectivity index (χ3n) is 5.84. The highest BCUT2D eigenvalue weighted by atomic mass is 32.1. The van der Waals surface area contributed by atoms with Crippen LogP contribution in [0.4, 0.5) is 5.13 Å². The number of ether oxygens (including phenoxy) is 1. The van der Waals surface area contributed by atoms with Gasteiger partial charge in [0.15, 0.2) is 11.0 Å². The van der Waals surface area contributed by atoms with Crippen LogP contribution in [0.2, 0.25) is 0 Å². The normalized spacial score (nSPS) is 21.3. The maximum Gasteiger partial charge on any atom is 0.229 e. The quantitative estimate of drug-likeness (QED) is 0.624. The maximum atomic E-state index is 12.0. The van der Waals surface area contributed by atoms with Gasteiger partial charge in [0.25, 0.3) is 0 Å². The predicted molar refractivity (Wildman–Crippen MR) is 115 cm³/mol.